The summed E-state index contributed by atoms with van der Waals surface area (Å²) in [7, 11) is 0. The largest absolute Gasteiger partial charge is 0.412 e. The Morgan fingerprint density at radius 3 is 0.571 bits per heavy atom. The molecule has 8 N–H and O–H groups in total. The zero-order valence-electron chi connectivity index (χ0n) is 4.08. The van der Waals surface area contributed by atoms with Gasteiger partial charge in [0.25, 0.3) is 0 Å². The van der Waals surface area contributed by atoms with Crippen LogP contribution in [0.25, 0.3) is 0 Å². The van der Waals surface area contributed by atoms with Crippen molar-refractivity contribution >= 4 is 79.7 Å². The van der Waals surface area contributed by atoms with Gasteiger partial charge in [-0.3, -0.25) is 0 Å². The van der Waals surface area contributed by atoms with Crippen LogP contribution in [-0.2, 0) is 0 Å². The van der Waals surface area contributed by atoms with E-state index in [1.54, 1.807) is 0 Å². The maximum absolute atomic E-state index is 0. The Labute approximate surface area is 99.9 Å². The van der Waals surface area contributed by atoms with Crippen molar-refractivity contribution in [1.29, 1.82) is 0 Å². The SMILES string of the molecule is O.O.O.O.[Al].[K].[Si]. The first-order chi connectivity index (χ1) is 0. The van der Waals surface area contributed by atoms with Gasteiger partial charge in [-0.05, 0) is 0 Å². The molecule has 0 bridgehead atoms. The minimum atomic E-state index is 0. The van der Waals surface area contributed by atoms with Crippen molar-refractivity contribution in [3.05, 3.63) is 0 Å². The molecular weight excluding hydrogens is 158 g/mol. The van der Waals surface area contributed by atoms with E-state index >= 15 is 0 Å². The fourth-order valence-electron chi connectivity index (χ4n) is 0. The van der Waals surface area contributed by atoms with Crippen molar-refractivity contribution in [2.24, 2.45) is 0 Å². The Morgan fingerprint density at radius 1 is 0.571 bits per heavy atom. The van der Waals surface area contributed by atoms with E-state index < -0.39 is 0 Å². The van der Waals surface area contributed by atoms with Crippen molar-refractivity contribution in [2.45, 2.75) is 0 Å². The Bertz CT molecular complexity index is 11.7. The van der Waals surface area contributed by atoms with Crippen molar-refractivity contribution in [2.75, 3.05) is 0 Å². The summed E-state index contributed by atoms with van der Waals surface area (Å²) in [5.74, 6) is 0. The molecule has 0 aromatic rings. The first-order valence-electron chi connectivity index (χ1n) is 0. The fraction of sp³-hybridized carbons (Fsp3) is 0. The average molecular weight is 166 g/mol. The summed E-state index contributed by atoms with van der Waals surface area (Å²) >= 11 is 0. The summed E-state index contributed by atoms with van der Waals surface area (Å²) in [6.45, 7) is 0. The molecule has 0 saturated heterocycles. The second kappa shape index (κ2) is 86.7. The topological polar surface area (TPSA) is 126 Å². The van der Waals surface area contributed by atoms with Crippen LogP contribution in [0.3, 0.4) is 0 Å². The molecule has 40 valence electrons. The van der Waals surface area contributed by atoms with E-state index in [0.717, 1.165) is 0 Å². The van der Waals surface area contributed by atoms with Crippen LogP contribution in [0.5, 0.6) is 0 Å². The molecule has 7 heteroatoms. The van der Waals surface area contributed by atoms with Gasteiger partial charge in [0.2, 0.25) is 0 Å². The normalized spacial score (nSPS) is 0. The number of hydrogen-bond donors (Lipinski definition) is 0. The summed E-state index contributed by atoms with van der Waals surface area (Å²) in [6, 6.07) is 0. The van der Waals surface area contributed by atoms with Gasteiger partial charge in [0.15, 0.2) is 0 Å². The van der Waals surface area contributed by atoms with Gasteiger partial charge >= 0.3 is 0 Å². The monoisotopic (exact) mass is 166 g/mol. The maximum Gasteiger partial charge on any atom is 0 e. The zero-order chi connectivity index (χ0) is 0. The summed E-state index contributed by atoms with van der Waals surface area (Å²) in [4.78, 5) is 0. The Kier molecular flexibility index (Phi) is 1560. The molecule has 7 heavy (non-hydrogen) atoms. The molecule has 0 amide bonds. The molecule has 0 fully saturated rings. The predicted molar refractivity (Wildman–Crippen MR) is 31.7 cm³/mol. The molecular formula is H8AlKO4Si. The minimum Gasteiger partial charge on any atom is -0.412 e. The van der Waals surface area contributed by atoms with Crippen LogP contribution in [0.1, 0.15) is 0 Å². The molecule has 0 aliphatic heterocycles. The van der Waals surface area contributed by atoms with E-state index in [-0.39, 0.29) is 102 Å². The van der Waals surface area contributed by atoms with Gasteiger partial charge in [0, 0.05) is 79.7 Å². The molecule has 0 heterocycles. The minimum absolute atomic E-state index is 0. The van der Waals surface area contributed by atoms with Crippen molar-refractivity contribution in [3.8, 4) is 0 Å². The van der Waals surface area contributed by atoms with Gasteiger partial charge in [-0.1, -0.05) is 0 Å². The van der Waals surface area contributed by atoms with Gasteiger partial charge in [0.1, 0.15) is 0 Å². The molecule has 0 unspecified atom stereocenters. The van der Waals surface area contributed by atoms with Gasteiger partial charge in [-0.25, -0.2) is 0 Å². The first kappa shape index (κ1) is 126. The van der Waals surface area contributed by atoms with Gasteiger partial charge in [-0.2, -0.15) is 0 Å². The summed E-state index contributed by atoms with van der Waals surface area (Å²) < 4.78 is 0. The fourth-order valence-corrected chi connectivity index (χ4v) is 0. The van der Waals surface area contributed by atoms with Gasteiger partial charge in [-0.15, -0.1) is 0 Å². The van der Waals surface area contributed by atoms with E-state index in [9.17, 15) is 0 Å². The Hall–Kier alpha value is 2.23. The van der Waals surface area contributed by atoms with Crippen molar-refractivity contribution in [1.82, 2.24) is 0 Å². The van der Waals surface area contributed by atoms with Crippen LogP contribution < -0.4 is 0 Å². The predicted octanol–water partition coefficient (Wildman–Crippen LogP) is -4.44. The van der Waals surface area contributed by atoms with Crippen LogP contribution in [-0.4, -0.2) is 102 Å². The second-order valence-electron chi connectivity index (χ2n) is 0. The third kappa shape index (κ3) is 64.4. The third-order valence-electron chi connectivity index (χ3n) is 0. The molecule has 0 atom stereocenters. The van der Waals surface area contributed by atoms with E-state index in [4.69, 9.17) is 0 Å². The molecule has 4 nitrogen and oxygen atoms in total. The van der Waals surface area contributed by atoms with Crippen molar-refractivity contribution < 1.29 is 21.9 Å². The standard InChI is InChI=1S/Al.K.4H2O.Si/h;;4*1H2;. The molecule has 0 aromatic heterocycles. The smallest absolute Gasteiger partial charge is 0 e. The quantitative estimate of drug-likeness (QED) is 0.322. The molecule has 0 aromatic carbocycles. The van der Waals surface area contributed by atoms with Gasteiger partial charge < -0.3 is 21.9 Å². The summed E-state index contributed by atoms with van der Waals surface area (Å²) in [5, 5.41) is 0. The van der Waals surface area contributed by atoms with Crippen LogP contribution in [0.2, 0.25) is 0 Å². The van der Waals surface area contributed by atoms with Crippen LogP contribution >= 0.6 is 0 Å². The summed E-state index contributed by atoms with van der Waals surface area (Å²) in [6.07, 6.45) is 0. The van der Waals surface area contributed by atoms with Crippen LogP contribution in [0.15, 0.2) is 0 Å². The number of rotatable bonds is 0. The average Bonchev–Trinajstić information content (AvgIpc) is 0. The molecule has 0 aliphatic carbocycles. The van der Waals surface area contributed by atoms with E-state index in [1.165, 1.54) is 0 Å². The molecule has 0 rings (SSSR count). The Balaban J connectivity index is 0. The second-order valence-corrected chi connectivity index (χ2v) is 0. The molecule has 0 spiro atoms. The first-order valence-corrected chi connectivity index (χ1v) is 0. The Morgan fingerprint density at radius 2 is 0.571 bits per heavy atom. The van der Waals surface area contributed by atoms with E-state index in [0.29, 0.717) is 0 Å². The molecule has 0 aliphatic rings. The van der Waals surface area contributed by atoms with E-state index in [1.807, 2.05) is 0 Å². The molecule has 0 saturated carbocycles. The van der Waals surface area contributed by atoms with Crippen molar-refractivity contribution in [3.63, 3.8) is 0 Å². The van der Waals surface area contributed by atoms with Crippen LogP contribution in [0, 0.1) is 0 Å². The van der Waals surface area contributed by atoms with Gasteiger partial charge in [0.05, 0.1) is 0 Å². The van der Waals surface area contributed by atoms with E-state index in [2.05, 4.69) is 0 Å². The number of hydrogen-bond acceptors (Lipinski definition) is 0. The molecule has 8 radical (unpaired) electrons. The third-order valence-corrected chi connectivity index (χ3v) is 0. The summed E-state index contributed by atoms with van der Waals surface area (Å²) in [5.41, 5.74) is 0. The van der Waals surface area contributed by atoms with Crippen LogP contribution in [0.4, 0.5) is 0 Å². The zero-order valence-corrected chi connectivity index (χ0v) is 9.36. The maximum atomic E-state index is 0.